The van der Waals surface area contributed by atoms with Crippen LogP contribution in [0.1, 0.15) is 24.5 Å². The van der Waals surface area contributed by atoms with Crippen molar-refractivity contribution in [3.8, 4) is 0 Å². The predicted molar refractivity (Wildman–Crippen MR) is 112 cm³/mol. The summed E-state index contributed by atoms with van der Waals surface area (Å²) in [6.07, 6.45) is -0.950. The van der Waals surface area contributed by atoms with Crippen LogP contribution in [-0.4, -0.2) is 30.4 Å². The minimum Gasteiger partial charge on any atom is -0.452 e. The summed E-state index contributed by atoms with van der Waals surface area (Å²) in [6, 6.07) is 12.5. The number of ether oxygens (including phenoxy) is 1. The lowest BCUT2D eigenvalue weighted by Gasteiger charge is -2.20. The molecule has 3 rings (SSSR count). The van der Waals surface area contributed by atoms with Crippen LogP contribution in [0.5, 0.6) is 0 Å². The highest BCUT2D eigenvalue weighted by Gasteiger charge is 2.37. The van der Waals surface area contributed by atoms with Crippen LogP contribution in [0.2, 0.25) is 5.02 Å². The van der Waals surface area contributed by atoms with Gasteiger partial charge in [0.05, 0.1) is 16.6 Å². The van der Waals surface area contributed by atoms with Gasteiger partial charge in [-0.15, -0.1) is 0 Å². The average Bonchev–Trinajstić information content (AvgIpc) is 3.07. The molecule has 0 spiro atoms. The third kappa shape index (κ3) is 4.59. The summed E-state index contributed by atoms with van der Waals surface area (Å²) in [5.74, 6) is -1.79. The smallest absolute Gasteiger partial charge is 0.312 e. The third-order valence-electron chi connectivity index (χ3n) is 5.12. The first kappa shape index (κ1) is 20.9. The highest BCUT2D eigenvalue weighted by Crippen LogP contribution is 2.30. The van der Waals surface area contributed by atoms with Crippen molar-refractivity contribution in [3.05, 3.63) is 58.6 Å². The van der Waals surface area contributed by atoms with Crippen molar-refractivity contribution in [3.63, 3.8) is 0 Å². The number of halogens is 1. The van der Waals surface area contributed by atoms with Gasteiger partial charge in [-0.1, -0.05) is 35.9 Å². The quantitative estimate of drug-likeness (QED) is 0.753. The molecule has 1 aliphatic heterocycles. The molecule has 0 unspecified atom stereocenters. The van der Waals surface area contributed by atoms with E-state index < -0.39 is 23.9 Å². The molecule has 0 aliphatic carbocycles. The Bertz CT molecular complexity index is 960. The van der Waals surface area contributed by atoms with E-state index in [0.29, 0.717) is 10.7 Å². The Labute approximate surface area is 174 Å². The monoisotopic (exact) mass is 414 g/mol. The first-order valence-corrected chi connectivity index (χ1v) is 9.78. The second kappa shape index (κ2) is 8.66. The number of benzene rings is 2. The normalized spacial score (nSPS) is 17.2. The molecular formula is C22H23ClN2O4. The van der Waals surface area contributed by atoms with Gasteiger partial charge >= 0.3 is 5.97 Å². The highest BCUT2D eigenvalue weighted by atomic mass is 35.5. The molecule has 0 aromatic heterocycles. The molecule has 1 heterocycles. The van der Waals surface area contributed by atoms with Gasteiger partial charge in [0.25, 0.3) is 5.91 Å². The first-order valence-electron chi connectivity index (χ1n) is 9.40. The van der Waals surface area contributed by atoms with Crippen LogP contribution in [0.25, 0.3) is 0 Å². The highest BCUT2D eigenvalue weighted by molar-refractivity contribution is 6.33. The van der Waals surface area contributed by atoms with Crippen molar-refractivity contribution in [1.82, 2.24) is 0 Å². The van der Waals surface area contributed by atoms with Crippen LogP contribution in [0.3, 0.4) is 0 Å². The maximum Gasteiger partial charge on any atom is 0.312 e. The molecule has 29 heavy (non-hydrogen) atoms. The second-order valence-corrected chi connectivity index (χ2v) is 7.58. The fraction of sp³-hybridized carbons (Fsp3) is 0.318. The lowest BCUT2D eigenvalue weighted by molar-refractivity contribution is -0.157. The zero-order valence-electron chi connectivity index (χ0n) is 16.6. The van der Waals surface area contributed by atoms with Gasteiger partial charge in [-0.05, 0) is 50.1 Å². The van der Waals surface area contributed by atoms with Gasteiger partial charge in [-0.2, -0.15) is 0 Å². The number of para-hydroxylation sites is 1. The molecular weight excluding hydrogens is 392 g/mol. The summed E-state index contributed by atoms with van der Waals surface area (Å²) in [7, 11) is 0. The van der Waals surface area contributed by atoms with Gasteiger partial charge < -0.3 is 15.0 Å². The van der Waals surface area contributed by atoms with Crippen molar-refractivity contribution < 1.29 is 19.1 Å². The van der Waals surface area contributed by atoms with E-state index in [1.54, 1.807) is 29.2 Å². The van der Waals surface area contributed by atoms with E-state index in [-0.39, 0.29) is 18.9 Å². The fourth-order valence-electron chi connectivity index (χ4n) is 3.25. The second-order valence-electron chi connectivity index (χ2n) is 7.17. The molecule has 2 aromatic rings. The van der Waals surface area contributed by atoms with E-state index in [4.69, 9.17) is 16.3 Å². The van der Waals surface area contributed by atoms with Gasteiger partial charge in [-0.25, -0.2) is 0 Å². The maximum absolute atomic E-state index is 12.5. The topological polar surface area (TPSA) is 75.7 Å². The molecule has 1 saturated heterocycles. The molecule has 0 bridgehead atoms. The summed E-state index contributed by atoms with van der Waals surface area (Å²) in [6.45, 7) is 5.65. The van der Waals surface area contributed by atoms with E-state index in [1.807, 2.05) is 32.0 Å². The Morgan fingerprint density at radius 1 is 1.17 bits per heavy atom. The Morgan fingerprint density at radius 2 is 1.90 bits per heavy atom. The number of aryl methyl sites for hydroxylation is 1. The maximum atomic E-state index is 12.5. The molecule has 2 amide bonds. The van der Waals surface area contributed by atoms with Crippen molar-refractivity contribution >= 4 is 40.8 Å². The molecule has 2 aromatic carbocycles. The summed E-state index contributed by atoms with van der Waals surface area (Å²) in [4.78, 5) is 39.0. The predicted octanol–water partition coefficient (Wildman–Crippen LogP) is 3.88. The number of carbonyl (C=O) groups is 3. The van der Waals surface area contributed by atoms with Crippen LogP contribution in [-0.2, 0) is 19.1 Å². The number of nitrogens with one attached hydrogen (secondary N) is 1. The van der Waals surface area contributed by atoms with Crippen molar-refractivity contribution in [2.24, 2.45) is 5.92 Å². The Morgan fingerprint density at radius 3 is 2.62 bits per heavy atom. The van der Waals surface area contributed by atoms with E-state index in [1.165, 1.54) is 6.92 Å². The van der Waals surface area contributed by atoms with Crippen molar-refractivity contribution in [2.75, 3.05) is 16.8 Å². The lowest BCUT2D eigenvalue weighted by Crippen LogP contribution is -2.33. The first-order chi connectivity index (χ1) is 13.8. The minimum absolute atomic E-state index is 0.0606. The molecule has 0 saturated carbocycles. The van der Waals surface area contributed by atoms with Crippen LogP contribution in [0.4, 0.5) is 11.4 Å². The van der Waals surface area contributed by atoms with Crippen LogP contribution in [0.15, 0.2) is 42.5 Å². The number of hydrogen-bond acceptors (Lipinski definition) is 4. The molecule has 1 fully saturated rings. The number of amides is 2. The summed E-state index contributed by atoms with van der Waals surface area (Å²) >= 11 is 6.03. The third-order valence-corrected chi connectivity index (χ3v) is 5.45. The number of anilines is 2. The SMILES string of the molecule is Cc1cccc(N2C[C@@H](C(=O)O[C@@H](C)C(=O)Nc3ccccc3Cl)CC2=O)c1C. The van der Waals surface area contributed by atoms with Crippen LogP contribution < -0.4 is 10.2 Å². The number of esters is 1. The molecule has 6 nitrogen and oxygen atoms in total. The van der Waals surface area contributed by atoms with Gasteiger partial charge in [0.15, 0.2) is 6.10 Å². The summed E-state index contributed by atoms with van der Waals surface area (Å²) in [5.41, 5.74) is 3.32. The number of carbonyl (C=O) groups excluding carboxylic acids is 3. The van der Waals surface area contributed by atoms with E-state index in [2.05, 4.69) is 5.32 Å². The van der Waals surface area contributed by atoms with E-state index in [9.17, 15) is 14.4 Å². The Hall–Kier alpha value is -2.86. The van der Waals surface area contributed by atoms with Crippen molar-refractivity contribution in [2.45, 2.75) is 33.3 Å². The molecule has 1 N–H and O–H groups in total. The van der Waals surface area contributed by atoms with Crippen LogP contribution >= 0.6 is 11.6 Å². The van der Waals surface area contributed by atoms with Gasteiger partial charge in [0.1, 0.15) is 0 Å². The zero-order chi connectivity index (χ0) is 21.1. The number of hydrogen-bond donors (Lipinski definition) is 1. The average molecular weight is 415 g/mol. The fourth-order valence-corrected chi connectivity index (χ4v) is 3.43. The molecule has 152 valence electrons. The molecule has 1 aliphatic rings. The van der Waals surface area contributed by atoms with Crippen molar-refractivity contribution in [1.29, 1.82) is 0 Å². The van der Waals surface area contributed by atoms with Gasteiger partial charge in [0.2, 0.25) is 5.91 Å². The van der Waals surface area contributed by atoms with E-state index >= 15 is 0 Å². The number of nitrogens with zero attached hydrogens (tertiary/aromatic N) is 1. The van der Waals surface area contributed by atoms with Crippen LogP contribution in [0, 0.1) is 19.8 Å². The lowest BCUT2D eigenvalue weighted by atomic mass is 10.1. The molecule has 2 atom stereocenters. The molecule has 0 radical (unpaired) electrons. The summed E-state index contributed by atoms with van der Waals surface area (Å²) in [5, 5.41) is 3.03. The van der Waals surface area contributed by atoms with E-state index in [0.717, 1.165) is 16.8 Å². The standard InChI is InChI=1S/C22H23ClN2O4/c1-13-7-6-10-19(14(13)2)25-12-16(11-20(25)26)22(28)29-15(3)21(27)24-18-9-5-4-8-17(18)23/h4-10,15-16H,11-12H2,1-3H3,(H,24,27)/t15-,16-/m0/s1. The molecule has 7 heteroatoms. The Balaban J connectivity index is 1.62. The zero-order valence-corrected chi connectivity index (χ0v) is 17.3. The summed E-state index contributed by atoms with van der Waals surface area (Å²) < 4.78 is 5.32. The number of rotatable bonds is 5. The van der Waals surface area contributed by atoms with Gasteiger partial charge in [0, 0.05) is 18.7 Å². The Kier molecular flexibility index (Phi) is 6.23. The largest absolute Gasteiger partial charge is 0.452 e. The minimum atomic E-state index is -1.01. The van der Waals surface area contributed by atoms with Gasteiger partial charge in [-0.3, -0.25) is 14.4 Å².